The van der Waals surface area contributed by atoms with Gasteiger partial charge >= 0.3 is 37.9 Å². The van der Waals surface area contributed by atoms with Crippen molar-refractivity contribution in [2.24, 2.45) is 0 Å². The first-order valence-electron chi connectivity index (χ1n) is 17.9. The Morgan fingerprint density at radius 2 is 1.00 bits per heavy atom. The fraction of sp³-hybridized carbons (Fsp3) is 0.362. The molecule has 6 aromatic rings. The van der Waals surface area contributed by atoms with Gasteiger partial charge in [0.25, 0.3) is 0 Å². The number of hydrogen-bond acceptors (Lipinski definition) is 0. The molecule has 0 unspecified atom stereocenters. The van der Waals surface area contributed by atoms with Gasteiger partial charge in [0.2, 0.25) is 0 Å². The van der Waals surface area contributed by atoms with Gasteiger partial charge in [-0.2, -0.15) is 12.1 Å². The van der Waals surface area contributed by atoms with E-state index in [-0.39, 0.29) is 16.2 Å². The molecule has 4 heteroatoms. The Morgan fingerprint density at radius 1 is 0.529 bits per heavy atom. The predicted octanol–water partition coefficient (Wildman–Crippen LogP) is 15.4. The molecule has 0 heterocycles. The van der Waals surface area contributed by atoms with Gasteiger partial charge in [0, 0.05) is 9.52 Å². The van der Waals surface area contributed by atoms with E-state index in [2.05, 4.69) is 193 Å². The summed E-state index contributed by atoms with van der Waals surface area (Å²) in [6, 6.07) is 36.5. The van der Waals surface area contributed by atoms with Gasteiger partial charge in [-0.15, -0.1) is 68.6 Å². The number of hydrogen-bond donors (Lipinski definition) is 0. The molecular formula is C47H58Cl2SiZr. The molecule has 0 fully saturated rings. The predicted molar refractivity (Wildman–Crippen MR) is 229 cm³/mol. The summed E-state index contributed by atoms with van der Waals surface area (Å²) in [5, 5.41) is 5.45. The second kappa shape index (κ2) is 18.2. The molecule has 0 saturated heterocycles. The molecule has 0 amide bonds. The van der Waals surface area contributed by atoms with E-state index in [0.29, 0.717) is 0 Å². The standard InChI is InChI=1S/C25H31.C20H21.C2H6Si.2ClH.Zr/c1-16-11-22-17(2)9-10-21(23(22)12-16)18-13-19(24(3,4)5)15-20(14-18)25(6,7)8;1-14-12-16-6-5-7-18(19(16)13-14)15-8-10-17(11-9-15)20(2,3)4;1-3-2;;;/h9-15H,1-8H3;5-13H,1-4H3;1-2H3;2*1H;/q2*-1;;;;+4/p-2. The van der Waals surface area contributed by atoms with Crippen molar-refractivity contribution in [1.82, 2.24) is 0 Å². The molecule has 0 aliphatic carbocycles. The van der Waals surface area contributed by atoms with Gasteiger partial charge in [-0.3, -0.25) is 0 Å². The molecule has 0 saturated carbocycles. The van der Waals surface area contributed by atoms with Crippen LogP contribution in [0.2, 0.25) is 13.1 Å². The Hall–Kier alpha value is -2.22. The monoisotopic (exact) mass is 810 g/mol. The molecule has 0 atom stereocenters. The van der Waals surface area contributed by atoms with Gasteiger partial charge in [-0.25, -0.2) is 0 Å². The van der Waals surface area contributed by atoms with Gasteiger partial charge in [0.15, 0.2) is 0 Å². The van der Waals surface area contributed by atoms with Gasteiger partial charge in [-0.05, 0) is 44.1 Å². The SMILES string of the molecule is C[Si]C.Cc1cc2c(-c3cc(C(C)(C)C)cc(C(C)(C)C)c3)ccc(C)c2[cH-]1.Cc1cc2c(-c3ccc(C(C)(C)C)cc3)cccc2[cH-]1.[Cl][Zr+2][Cl]. The van der Waals surface area contributed by atoms with Crippen LogP contribution in [0.3, 0.4) is 0 Å². The molecule has 0 bridgehead atoms. The summed E-state index contributed by atoms with van der Waals surface area (Å²) in [4.78, 5) is 0. The van der Waals surface area contributed by atoms with Crippen molar-refractivity contribution in [2.75, 3.05) is 0 Å². The van der Waals surface area contributed by atoms with Crippen LogP contribution in [-0.2, 0) is 37.1 Å². The number of halogens is 2. The van der Waals surface area contributed by atoms with Crippen LogP contribution in [0.1, 0.15) is 95.7 Å². The van der Waals surface area contributed by atoms with Crippen LogP contribution in [0.5, 0.6) is 0 Å². The van der Waals surface area contributed by atoms with Crippen LogP contribution in [-0.4, -0.2) is 9.52 Å². The molecule has 2 radical (unpaired) electrons. The Kier molecular flexibility index (Phi) is 15.4. The van der Waals surface area contributed by atoms with Gasteiger partial charge in [-0.1, -0.05) is 162 Å². The maximum absolute atomic E-state index is 4.93. The van der Waals surface area contributed by atoms with Crippen molar-refractivity contribution in [2.45, 2.75) is 112 Å². The molecule has 0 aromatic heterocycles. The van der Waals surface area contributed by atoms with E-state index in [0.717, 1.165) is 9.52 Å². The maximum atomic E-state index is 4.93. The van der Waals surface area contributed by atoms with Crippen molar-refractivity contribution in [3.8, 4) is 22.3 Å². The second-order valence-corrected chi connectivity index (χ2v) is 21.6. The summed E-state index contributed by atoms with van der Waals surface area (Å²) in [6.07, 6.45) is 0. The molecule has 0 aliphatic heterocycles. The van der Waals surface area contributed by atoms with Crippen LogP contribution in [0.15, 0.2) is 97.1 Å². The topological polar surface area (TPSA) is 0 Å². The summed E-state index contributed by atoms with van der Waals surface area (Å²) in [7, 11) is 11.0. The molecular weight excluding hydrogens is 755 g/mol. The molecule has 268 valence electrons. The Bertz CT molecular complexity index is 1970. The molecule has 0 N–H and O–H groups in total. The summed E-state index contributed by atoms with van der Waals surface area (Å²) in [6.45, 7) is 31.4. The third-order valence-electron chi connectivity index (χ3n) is 9.18. The number of benzene rings is 4. The average Bonchev–Trinajstić information content (AvgIpc) is 3.63. The van der Waals surface area contributed by atoms with E-state index in [1.165, 1.54) is 77.2 Å². The first kappa shape index (κ1) is 43.2. The van der Waals surface area contributed by atoms with Crippen LogP contribution in [0, 0.1) is 20.8 Å². The van der Waals surface area contributed by atoms with Crippen molar-refractivity contribution in [3.05, 3.63) is 130 Å². The van der Waals surface area contributed by atoms with Crippen LogP contribution >= 0.6 is 17.0 Å². The molecule has 6 aromatic carbocycles. The fourth-order valence-corrected chi connectivity index (χ4v) is 6.28. The third-order valence-corrected chi connectivity index (χ3v) is 9.18. The molecule has 0 aliphatic rings. The van der Waals surface area contributed by atoms with Gasteiger partial charge in [0.1, 0.15) is 0 Å². The zero-order valence-corrected chi connectivity index (χ0v) is 38.5. The van der Waals surface area contributed by atoms with Crippen molar-refractivity contribution >= 4 is 48.1 Å². The van der Waals surface area contributed by atoms with E-state index < -0.39 is 20.8 Å². The molecule has 0 nitrogen and oxygen atoms in total. The van der Waals surface area contributed by atoms with Crippen molar-refractivity contribution < 1.29 is 20.8 Å². The Labute approximate surface area is 331 Å². The molecule has 51 heavy (non-hydrogen) atoms. The molecule has 0 spiro atoms. The zero-order valence-electron chi connectivity index (χ0n) is 33.5. The first-order chi connectivity index (χ1) is 23.7. The minimum absolute atomic E-state index is 0.141. The first-order valence-corrected chi connectivity index (χ1v) is 26.2. The third kappa shape index (κ3) is 11.6. The normalized spacial score (nSPS) is 11.5. The van der Waals surface area contributed by atoms with E-state index >= 15 is 0 Å². The van der Waals surface area contributed by atoms with Crippen LogP contribution in [0.25, 0.3) is 43.8 Å². The summed E-state index contributed by atoms with van der Waals surface area (Å²) in [5.41, 5.74) is 14.0. The zero-order chi connectivity index (χ0) is 38.3. The molecule has 6 rings (SSSR count). The second-order valence-electron chi connectivity index (χ2n) is 16.8. The van der Waals surface area contributed by atoms with Crippen molar-refractivity contribution in [3.63, 3.8) is 0 Å². The van der Waals surface area contributed by atoms with E-state index in [1.54, 1.807) is 0 Å². The number of rotatable bonds is 2. The average molecular weight is 813 g/mol. The van der Waals surface area contributed by atoms with Crippen molar-refractivity contribution in [1.29, 1.82) is 0 Å². The van der Waals surface area contributed by atoms with E-state index in [9.17, 15) is 0 Å². The summed E-state index contributed by atoms with van der Waals surface area (Å²) in [5.74, 6) is 0. The number of fused-ring (bicyclic) bond motifs is 2. The quantitative estimate of drug-likeness (QED) is 0.121. The van der Waals surface area contributed by atoms with Crippen LogP contribution in [0.4, 0.5) is 0 Å². The van der Waals surface area contributed by atoms with Gasteiger partial charge < -0.3 is 0 Å². The Balaban J connectivity index is 0.000000243. The summed E-state index contributed by atoms with van der Waals surface area (Å²) >= 11 is -0.826. The van der Waals surface area contributed by atoms with E-state index in [1.807, 2.05) is 0 Å². The fourth-order valence-electron chi connectivity index (χ4n) is 6.28. The van der Waals surface area contributed by atoms with E-state index in [4.69, 9.17) is 17.0 Å². The van der Waals surface area contributed by atoms with Gasteiger partial charge in [0.05, 0.1) is 0 Å². The number of aryl methyl sites for hydroxylation is 3. The van der Waals surface area contributed by atoms with Crippen LogP contribution < -0.4 is 0 Å². The minimum atomic E-state index is -0.826. The Morgan fingerprint density at radius 3 is 1.51 bits per heavy atom. The summed E-state index contributed by atoms with van der Waals surface area (Å²) < 4.78 is 0.